The Hall–Kier alpha value is -1.57. The van der Waals surface area contributed by atoms with Crippen LogP contribution >= 0.6 is 11.8 Å². The van der Waals surface area contributed by atoms with Crippen LogP contribution in [-0.2, 0) is 0 Å². The van der Waals surface area contributed by atoms with Crippen molar-refractivity contribution in [1.82, 2.24) is 9.97 Å². The molecule has 0 saturated heterocycles. The van der Waals surface area contributed by atoms with Crippen molar-refractivity contribution in [3.63, 3.8) is 0 Å². The van der Waals surface area contributed by atoms with Gasteiger partial charge in [-0.25, -0.2) is 9.97 Å². The number of hydrogen-bond acceptors (Lipinski definition) is 7. The van der Waals surface area contributed by atoms with Crippen LogP contribution in [0.5, 0.6) is 0 Å². The standard InChI is InChI=1S/C11H19N5O2S/c1-5-8(6-19-4)15(3)11-9(16(17)18)10(12-2)13-7-14-11/h7-8H,5-6H2,1-4H3,(H,12,13,14). The summed E-state index contributed by atoms with van der Waals surface area (Å²) in [6.45, 7) is 2.06. The summed E-state index contributed by atoms with van der Waals surface area (Å²) in [5.74, 6) is 1.48. The summed E-state index contributed by atoms with van der Waals surface area (Å²) in [5, 5.41) is 14.0. The highest BCUT2D eigenvalue weighted by atomic mass is 32.2. The number of nitro groups is 1. The average molecular weight is 285 g/mol. The molecule has 7 nitrogen and oxygen atoms in total. The molecule has 0 aliphatic heterocycles. The molecule has 1 heterocycles. The lowest BCUT2D eigenvalue weighted by atomic mass is 10.2. The Labute approximate surface area is 117 Å². The van der Waals surface area contributed by atoms with Crippen molar-refractivity contribution in [2.75, 3.05) is 36.3 Å². The third kappa shape index (κ3) is 3.46. The van der Waals surface area contributed by atoms with Gasteiger partial charge in [0, 0.05) is 25.9 Å². The Balaban J connectivity index is 3.21. The maximum Gasteiger partial charge on any atom is 0.353 e. The van der Waals surface area contributed by atoms with Gasteiger partial charge in [-0.3, -0.25) is 10.1 Å². The van der Waals surface area contributed by atoms with Gasteiger partial charge in [-0.2, -0.15) is 11.8 Å². The summed E-state index contributed by atoms with van der Waals surface area (Å²) in [7, 11) is 3.44. The molecule has 1 aromatic rings. The van der Waals surface area contributed by atoms with Crippen LogP contribution in [0.2, 0.25) is 0 Å². The molecular formula is C11H19N5O2S. The SMILES string of the molecule is CCC(CSC)N(C)c1ncnc(NC)c1[N+](=O)[O-]. The highest BCUT2D eigenvalue weighted by Gasteiger charge is 2.27. The second-order valence-electron chi connectivity index (χ2n) is 4.03. The third-order valence-electron chi connectivity index (χ3n) is 2.93. The van der Waals surface area contributed by atoms with Crippen LogP contribution in [0.3, 0.4) is 0 Å². The van der Waals surface area contributed by atoms with E-state index in [9.17, 15) is 10.1 Å². The molecule has 106 valence electrons. The molecule has 19 heavy (non-hydrogen) atoms. The number of hydrogen-bond donors (Lipinski definition) is 1. The molecule has 1 unspecified atom stereocenters. The van der Waals surface area contributed by atoms with Gasteiger partial charge < -0.3 is 10.2 Å². The van der Waals surface area contributed by atoms with Crippen molar-refractivity contribution < 1.29 is 4.92 Å². The molecule has 1 rings (SSSR count). The highest BCUT2D eigenvalue weighted by molar-refractivity contribution is 7.98. The fourth-order valence-electron chi connectivity index (χ4n) is 1.85. The molecule has 0 aromatic carbocycles. The topological polar surface area (TPSA) is 84.2 Å². The van der Waals surface area contributed by atoms with Crippen molar-refractivity contribution in [3.8, 4) is 0 Å². The fourth-order valence-corrected chi connectivity index (χ4v) is 2.69. The van der Waals surface area contributed by atoms with Gasteiger partial charge in [-0.1, -0.05) is 6.92 Å². The van der Waals surface area contributed by atoms with Crippen LogP contribution in [0.1, 0.15) is 13.3 Å². The van der Waals surface area contributed by atoms with E-state index in [0.29, 0.717) is 5.82 Å². The first-order valence-electron chi connectivity index (χ1n) is 5.95. The highest BCUT2D eigenvalue weighted by Crippen LogP contribution is 2.32. The van der Waals surface area contributed by atoms with Crippen molar-refractivity contribution in [2.24, 2.45) is 0 Å². The lowest BCUT2D eigenvalue weighted by Crippen LogP contribution is -2.34. The van der Waals surface area contributed by atoms with E-state index in [-0.39, 0.29) is 17.5 Å². The van der Waals surface area contributed by atoms with Crippen molar-refractivity contribution in [1.29, 1.82) is 0 Å². The zero-order valence-corrected chi connectivity index (χ0v) is 12.4. The third-order valence-corrected chi connectivity index (χ3v) is 3.65. The Kier molecular flexibility index (Phi) is 5.81. The van der Waals surface area contributed by atoms with Gasteiger partial charge in [0.15, 0.2) is 0 Å². The molecule has 0 aliphatic carbocycles. The number of nitrogens with one attached hydrogen (secondary N) is 1. The first kappa shape index (κ1) is 15.5. The van der Waals surface area contributed by atoms with Crippen LogP contribution in [0.4, 0.5) is 17.3 Å². The van der Waals surface area contributed by atoms with Gasteiger partial charge in [-0.05, 0) is 12.7 Å². The van der Waals surface area contributed by atoms with E-state index in [1.807, 2.05) is 18.2 Å². The normalized spacial score (nSPS) is 12.0. The molecule has 0 fully saturated rings. The quantitative estimate of drug-likeness (QED) is 0.606. The summed E-state index contributed by atoms with van der Waals surface area (Å²) >= 11 is 1.71. The van der Waals surface area contributed by atoms with Crippen molar-refractivity contribution in [2.45, 2.75) is 19.4 Å². The molecule has 0 amide bonds. The van der Waals surface area contributed by atoms with E-state index in [4.69, 9.17) is 0 Å². The summed E-state index contributed by atoms with van der Waals surface area (Å²) in [6.07, 6.45) is 4.26. The van der Waals surface area contributed by atoms with E-state index in [2.05, 4.69) is 22.2 Å². The van der Waals surface area contributed by atoms with Gasteiger partial charge in [0.1, 0.15) is 6.33 Å². The molecule has 0 bridgehead atoms. The zero-order chi connectivity index (χ0) is 14.4. The molecule has 0 aliphatic rings. The zero-order valence-electron chi connectivity index (χ0n) is 11.6. The van der Waals surface area contributed by atoms with E-state index >= 15 is 0 Å². The predicted octanol–water partition coefficient (Wildman–Crippen LogP) is 2.00. The summed E-state index contributed by atoms with van der Waals surface area (Å²) in [5.41, 5.74) is -0.0768. The number of rotatable bonds is 7. The monoisotopic (exact) mass is 285 g/mol. The lowest BCUT2D eigenvalue weighted by molar-refractivity contribution is -0.383. The molecule has 0 spiro atoms. The number of aromatic nitrogens is 2. The molecular weight excluding hydrogens is 266 g/mol. The average Bonchev–Trinajstić information content (AvgIpc) is 2.42. The van der Waals surface area contributed by atoms with E-state index in [1.165, 1.54) is 6.33 Å². The number of nitrogens with zero attached hydrogens (tertiary/aromatic N) is 4. The first-order chi connectivity index (χ1) is 9.06. The Morgan fingerprint density at radius 2 is 2.26 bits per heavy atom. The van der Waals surface area contributed by atoms with Gasteiger partial charge in [0.25, 0.3) is 0 Å². The van der Waals surface area contributed by atoms with Crippen molar-refractivity contribution >= 4 is 29.1 Å². The number of thioether (sulfide) groups is 1. The first-order valence-corrected chi connectivity index (χ1v) is 7.35. The largest absolute Gasteiger partial charge is 0.367 e. The van der Waals surface area contributed by atoms with Gasteiger partial charge in [0.2, 0.25) is 11.6 Å². The van der Waals surface area contributed by atoms with Gasteiger partial charge in [-0.15, -0.1) is 0 Å². The van der Waals surface area contributed by atoms with Crippen LogP contribution in [-0.4, -0.2) is 47.0 Å². The number of anilines is 2. The second kappa shape index (κ2) is 7.13. The lowest BCUT2D eigenvalue weighted by Gasteiger charge is -2.27. The Morgan fingerprint density at radius 1 is 1.58 bits per heavy atom. The van der Waals surface area contributed by atoms with E-state index in [1.54, 1.807) is 18.8 Å². The summed E-state index contributed by atoms with van der Waals surface area (Å²) in [6, 6.07) is 0.202. The Bertz CT molecular complexity index is 443. The van der Waals surface area contributed by atoms with E-state index < -0.39 is 4.92 Å². The second-order valence-corrected chi connectivity index (χ2v) is 4.94. The molecule has 8 heteroatoms. The van der Waals surface area contributed by atoms with Crippen LogP contribution in [0.25, 0.3) is 0 Å². The van der Waals surface area contributed by atoms with Crippen LogP contribution in [0, 0.1) is 10.1 Å². The smallest absolute Gasteiger partial charge is 0.353 e. The summed E-state index contributed by atoms with van der Waals surface area (Å²) in [4.78, 5) is 20.6. The molecule has 1 atom stereocenters. The van der Waals surface area contributed by atoms with Crippen LogP contribution in [0.15, 0.2) is 6.33 Å². The van der Waals surface area contributed by atoms with E-state index in [0.717, 1.165) is 12.2 Å². The summed E-state index contributed by atoms with van der Waals surface area (Å²) < 4.78 is 0. The minimum absolute atomic E-state index is 0.0768. The van der Waals surface area contributed by atoms with Gasteiger partial charge >= 0.3 is 5.69 Å². The minimum Gasteiger partial charge on any atom is -0.367 e. The fraction of sp³-hybridized carbons (Fsp3) is 0.636. The predicted molar refractivity (Wildman–Crippen MR) is 79.1 cm³/mol. The molecule has 1 N–H and O–H groups in total. The Morgan fingerprint density at radius 3 is 2.74 bits per heavy atom. The van der Waals surface area contributed by atoms with Gasteiger partial charge in [0.05, 0.1) is 4.92 Å². The maximum atomic E-state index is 11.2. The van der Waals surface area contributed by atoms with Crippen LogP contribution < -0.4 is 10.2 Å². The molecule has 0 radical (unpaired) electrons. The maximum absolute atomic E-state index is 11.2. The molecule has 0 saturated carbocycles. The molecule has 1 aromatic heterocycles. The minimum atomic E-state index is -0.441. The van der Waals surface area contributed by atoms with Crippen molar-refractivity contribution in [3.05, 3.63) is 16.4 Å².